The van der Waals surface area contributed by atoms with Gasteiger partial charge in [0.2, 0.25) is 5.91 Å². The SMILES string of the molecule is O=C(CN(Cc1cccs1)C[C@@H]1CCCO1)Nc1ccc(Cl)cc1. The van der Waals surface area contributed by atoms with Gasteiger partial charge in [-0.2, -0.15) is 0 Å². The Labute approximate surface area is 151 Å². The van der Waals surface area contributed by atoms with Gasteiger partial charge in [-0.25, -0.2) is 0 Å². The number of ether oxygens (including phenoxy) is 1. The molecule has 2 heterocycles. The standard InChI is InChI=1S/C18H21ClN2O2S/c19-14-5-7-15(8-6-14)20-18(22)13-21(11-16-3-1-9-23-16)12-17-4-2-10-24-17/h2,4-8,10,16H,1,3,9,11-13H2,(H,20,22)/t16-/m0/s1. The number of rotatable bonds is 7. The van der Waals surface area contributed by atoms with Gasteiger partial charge in [0, 0.05) is 35.3 Å². The fourth-order valence-corrected chi connectivity index (χ4v) is 3.69. The van der Waals surface area contributed by atoms with Gasteiger partial charge in [-0.1, -0.05) is 17.7 Å². The molecule has 1 atom stereocenters. The predicted molar refractivity (Wildman–Crippen MR) is 98.7 cm³/mol. The Morgan fingerprint density at radius 3 is 2.83 bits per heavy atom. The molecule has 0 saturated carbocycles. The highest BCUT2D eigenvalue weighted by Crippen LogP contribution is 2.18. The molecule has 1 aromatic heterocycles. The summed E-state index contributed by atoms with van der Waals surface area (Å²) in [5.41, 5.74) is 0.762. The van der Waals surface area contributed by atoms with Crippen LogP contribution in [0.5, 0.6) is 0 Å². The van der Waals surface area contributed by atoms with Crippen molar-refractivity contribution in [2.75, 3.05) is 25.0 Å². The van der Waals surface area contributed by atoms with Gasteiger partial charge in [0.1, 0.15) is 0 Å². The maximum absolute atomic E-state index is 12.4. The highest BCUT2D eigenvalue weighted by Gasteiger charge is 2.21. The van der Waals surface area contributed by atoms with Gasteiger partial charge in [0.05, 0.1) is 12.6 Å². The van der Waals surface area contributed by atoms with Crippen LogP contribution in [0, 0.1) is 0 Å². The van der Waals surface area contributed by atoms with Crippen molar-refractivity contribution >= 4 is 34.5 Å². The average Bonchev–Trinajstić information content (AvgIpc) is 3.23. The molecular weight excluding hydrogens is 344 g/mol. The monoisotopic (exact) mass is 364 g/mol. The fourth-order valence-electron chi connectivity index (χ4n) is 2.82. The van der Waals surface area contributed by atoms with Crippen LogP contribution in [0.1, 0.15) is 17.7 Å². The summed E-state index contributed by atoms with van der Waals surface area (Å²) in [6.07, 6.45) is 2.40. The summed E-state index contributed by atoms with van der Waals surface area (Å²) >= 11 is 7.59. The fraction of sp³-hybridized carbons (Fsp3) is 0.389. The molecule has 4 nitrogen and oxygen atoms in total. The van der Waals surface area contributed by atoms with Gasteiger partial charge in [-0.15, -0.1) is 11.3 Å². The van der Waals surface area contributed by atoms with Crippen LogP contribution in [-0.2, 0) is 16.1 Å². The molecule has 3 rings (SSSR count). The van der Waals surface area contributed by atoms with E-state index in [9.17, 15) is 4.79 Å². The molecular formula is C18H21ClN2O2S. The molecule has 0 unspecified atom stereocenters. The van der Waals surface area contributed by atoms with E-state index in [1.54, 1.807) is 23.5 Å². The van der Waals surface area contributed by atoms with Crippen molar-refractivity contribution in [3.8, 4) is 0 Å². The Bertz CT molecular complexity index is 640. The zero-order chi connectivity index (χ0) is 16.8. The lowest BCUT2D eigenvalue weighted by atomic mass is 10.2. The van der Waals surface area contributed by atoms with Gasteiger partial charge < -0.3 is 10.1 Å². The number of anilines is 1. The third-order valence-electron chi connectivity index (χ3n) is 3.94. The maximum atomic E-state index is 12.4. The predicted octanol–water partition coefficient (Wildman–Crippen LogP) is 4.02. The van der Waals surface area contributed by atoms with Gasteiger partial charge in [0.15, 0.2) is 0 Å². The van der Waals surface area contributed by atoms with Crippen LogP contribution in [-0.4, -0.2) is 36.6 Å². The summed E-state index contributed by atoms with van der Waals surface area (Å²) in [7, 11) is 0. The molecule has 1 N–H and O–H groups in total. The number of hydrogen-bond donors (Lipinski definition) is 1. The number of nitrogens with zero attached hydrogens (tertiary/aromatic N) is 1. The van der Waals surface area contributed by atoms with Gasteiger partial charge in [-0.3, -0.25) is 9.69 Å². The zero-order valence-electron chi connectivity index (χ0n) is 13.4. The van der Waals surface area contributed by atoms with Crippen LogP contribution in [0.15, 0.2) is 41.8 Å². The van der Waals surface area contributed by atoms with Crippen molar-refractivity contribution in [1.82, 2.24) is 4.90 Å². The van der Waals surface area contributed by atoms with E-state index in [0.717, 1.165) is 38.2 Å². The van der Waals surface area contributed by atoms with Crippen molar-refractivity contribution in [2.24, 2.45) is 0 Å². The van der Waals surface area contributed by atoms with Gasteiger partial charge in [0.25, 0.3) is 0 Å². The summed E-state index contributed by atoms with van der Waals surface area (Å²) in [5, 5.41) is 5.65. The van der Waals surface area contributed by atoms with E-state index in [4.69, 9.17) is 16.3 Å². The van der Waals surface area contributed by atoms with E-state index >= 15 is 0 Å². The molecule has 0 radical (unpaired) electrons. The molecule has 0 spiro atoms. The number of carbonyl (C=O) groups excluding carboxylic acids is 1. The lowest BCUT2D eigenvalue weighted by molar-refractivity contribution is -0.117. The van der Waals surface area contributed by atoms with E-state index in [-0.39, 0.29) is 12.0 Å². The minimum absolute atomic E-state index is 0.0214. The molecule has 1 amide bonds. The number of hydrogen-bond acceptors (Lipinski definition) is 4. The molecule has 0 aliphatic carbocycles. The second-order valence-corrected chi connectivity index (χ2v) is 7.41. The van der Waals surface area contributed by atoms with Crippen molar-refractivity contribution in [1.29, 1.82) is 0 Å². The average molecular weight is 365 g/mol. The smallest absolute Gasteiger partial charge is 0.238 e. The lowest BCUT2D eigenvalue weighted by Crippen LogP contribution is -2.37. The summed E-state index contributed by atoms with van der Waals surface area (Å²) < 4.78 is 5.73. The highest BCUT2D eigenvalue weighted by atomic mass is 35.5. The first kappa shape index (κ1) is 17.4. The second-order valence-electron chi connectivity index (χ2n) is 5.94. The second kappa shape index (κ2) is 8.62. The summed E-state index contributed by atoms with van der Waals surface area (Å²) in [4.78, 5) is 15.8. The maximum Gasteiger partial charge on any atom is 0.238 e. The molecule has 0 bridgehead atoms. The third-order valence-corrected chi connectivity index (χ3v) is 5.05. The number of benzene rings is 1. The Morgan fingerprint density at radius 2 is 2.17 bits per heavy atom. The molecule has 1 aliphatic heterocycles. The first-order chi connectivity index (χ1) is 11.7. The van der Waals surface area contributed by atoms with Gasteiger partial charge in [-0.05, 0) is 48.6 Å². The minimum atomic E-state index is -0.0214. The molecule has 1 aromatic carbocycles. The first-order valence-electron chi connectivity index (χ1n) is 8.11. The van der Waals surface area contributed by atoms with E-state index in [2.05, 4.69) is 21.7 Å². The van der Waals surface area contributed by atoms with Crippen LogP contribution in [0.3, 0.4) is 0 Å². The molecule has 2 aromatic rings. The van der Waals surface area contributed by atoms with Crippen LogP contribution in [0.2, 0.25) is 5.02 Å². The Morgan fingerprint density at radius 1 is 1.33 bits per heavy atom. The topological polar surface area (TPSA) is 41.6 Å². The number of amides is 1. The van der Waals surface area contributed by atoms with Crippen molar-refractivity contribution in [3.63, 3.8) is 0 Å². The van der Waals surface area contributed by atoms with Gasteiger partial charge >= 0.3 is 0 Å². The molecule has 6 heteroatoms. The van der Waals surface area contributed by atoms with Crippen molar-refractivity contribution < 1.29 is 9.53 Å². The quantitative estimate of drug-likeness (QED) is 0.806. The first-order valence-corrected chi connectivity index (χ1v) is 9.36. The van der Waals surface area contributed by atoms with Crippen LogP contribution < -0.4 is 5.32 Å². The molecule has 1 saturated heterocycles. The Balaban J connectivity index is 1.58. The molecule has 24 heavy (non-hydrogen) atoms. The van der Waals surface area contributed by atoms with Crippen LogP contribution in [0.25, 0.3) is 0 Å². The van der Waals surface area contributed by atoms with Crippen LogP contribution >= 0.6 is 22.9 Å². The largest absolute Gasteiger partial charge is 0.377 e. The number of nitrogens with one attached hydrogen (secondary N) is 1. The van der Waals surface area contributed by atoms with E-state index in [1.165, 1.54) is 4.88 Å². The molecule has 1 aliphatic rings. The number of halogens is 1. The van der Waals surface area contributed by atoms with Crippen molar-refractivity contribution in [2.45, 2.75) is 25.5 Å². The summed E-state index contributed by atoms with van der Waals surface area (Å²) in [6, 6.07) is 11.3. The summed E-state index contributed by atoms with van der Waals surface area (Å²) in [6.45, 7) is 2.73. The van der Waals surface area contributed by atoms with Crippen molar-refractivity contribution in [3.05, 3.63) is 51.7 Å². The third kappa shape index (κ3) is 5.31. The van der Waals surface area contributed by atoms with Crippen LogP contribution in [0.4, 0.5) is 5.69 Å². The van der Waals surface area contributed by atoms with E-state index in [0.29, 0.717) is 11.6 Å². The number of carbonyl (C=O) groups is 1. The highest BCUT2D eigenvalue weighted by molar-refractivity contribution is 7.09. The Hall–Kier alpha value is -1.40. The van der Waals surface area contributed by atoms with E-state index < -0.39 is 0 Å². The molecule has 1 fully saturated rings. The minimum Gasteiger partial charge on any atom is -0.377 e. The lowest BCUT2D eigenvalue weighted by Gasteiger charge is -2.24. The normalized spacial score (nSPS) is 17.3. The molecule has 128 valence electrons. The summed E-state index contributed by atoms with van der Waals surface area (Å²) in [5.74, 6) is -0.0214. The zero-order valence-corrected chi connectivity index (χ0v) is 15.0. The Kier molecular flexibility index (Phi) is 6.26. The number of thiophene rings is 1. The van der Waals surface area contributed by atoms with E-state index in [1.807, 2.05) is 18.2 Å².